The number of nitrogens with two attached hydrogens (primary N) is 1. The van der Waals surface area contributed by atoms with Crippen molar-refractivity contribution in [1.82, 2.24) is 0 Å². The van der Waals surface area contributed by atoms with Crippen molar-refractivity contribution in [3.8, 4) is 5.75 Å². The van der Waals surface area contributed by atoms with Gasteiger partial charge in [0.25, 0.3) is 0 Å². The minimum Gasteiger partial charge on any atom is -0.489 e. The van der Waals surface area contributed by atoms with Crippen molar-refractivity contribution in [2.45, 2.75) is 39.8 Å². The van der Waals surface area contributed by atoms with Crippen molar-refractivity contribution in [2.24, 2.45) is 5.73 Å². The summed E-state index contributed by atoms with van der Waals surface area (Å²) < 4.78 is 7.05. The Morgan fingerprint density at radius 3 is 2.52 bits per heavy atom. The third kappa shape index (κ3) is 4.58. The smallest absolute Gasteiger partial charge is 0.123 e. The molecule has 3 heteroatoms. The lowest BCUT2D eigenvalue weighted by Gasteiger charge is -2.14. The maximum absolute atomic E-state index is 6.00. The number of hydrogen-bond donors (Lipinski definition) is 1. The summed E-state index contributed by atoms with van der Waals surface area (Å²) in [5.41, 5.74) is 10.8. The summed E-state index contributed by atoms with van der Waals surface area (Å²) in [6.07, 6.45) is 0.807. The Hall–Kier alpha value is -1.32. The van der Waals surface area contributed by atoms with Gasteiger partial charge in [-0.25, -0.2) is 0 Å². The minimum atomic E-state index is 0.114. The van der Waals surface area contributed by atoms with E-state index >= 15 is 0 Å². The van der Waals surface area contributed by atoms with E-state index in [1.807, 2.05) is 19.1 Å². The maximum atomic E-state index is 6.00. The lowest BCUT2D eigenvalue weighted by molar-refractivity contribution is 0.302. The fourth-order valence-corrected chi connectivity index (χ4v) is 2.66. The standard InChI is InChI=1S/C18H22BrNO/c1-12-4-5-15(8-13(12)2)11-21-18-7-6-17(19)10-16(18)9-14(3)20/h4-8,10,14H,9,11,20H2,1-3H3. The quantitative estimate of drug-likeness (QED) is 0.861. The topological polar surface area (TPSA) is 35.2 Å². The number of halogens is 1. The van der Waals surface area contributed by atoms with Crippen LogP contribution in [0.4, 0.5) is 0 Å². The lowest BCUT2D eigenvalue weighted by atomic mass is 10.1. The first-order valence-electron chi connectivity index (χ1n) is 7.18. The first kappa shape index (κ1) is 16.1. The van der Waals surface area contributed by atoms with Crippen LogP contribution < -0.4 is 10.5 Å². The highest BCUT2D eigenvalue weighted by atomic mass is 79.9. The van der Waals surface area contributed by atoms with E-state index < -0.39 is 0 Å². The fourth-order valence-electron chi connectivity index (χ4n) is 2.25. The van der Waals surface area contributed by atoms with Gasteiger partial charge in [-0.2, -0.15) is 0 Å². The highest BCUT2D eigenvalue weighted by Crippen LogP contribution is 2.25. The molecule has 0 radical (unpaired) electrons. The van der Waals surface area contributed by atoms with Gasteiger partial charge in [-0.1, -0.05) is 34.1 Å². The molecule has 0 aliphatic heterocycles. The van der Waals surface area contributed by atoms with Crippen LogP contribution in [0.2, 0.25) is 0 Å². The van der Waals surface area contributed by atoms with E-state index in [0.29, 0.717) is 6.61 Å². The van der Waals surface area contributed by atoms with Crippen LogP contribution in [-0.2, 0) is 13.0 Å². The molecule has 2 aromatic carbocycles. The molecule has 0 aliphatic rings. The van der Waals surface area contributed by atoms with Crippen LogP contribution in [-0.4, -0.2) is 6.04 Å². The van der Waals surface area contributed by atoms with E-state index in [4.69, 9.17) is 10.5 Å². The highest BCUT2D eigenvalue weighted by Gasteiger charge is 2.08. The van der Waals surface area contributed by atoms with Crippen LogP contribution >= 0.6 is 15.9 Å². The van der Waals surface area contributed by atoms with Crippen LogP contribution in [0.25, 0.3) is 0 Å². The molecule has 0 saturated carbocycles. The first-order valence-corrected chi connectivity index (χ1v) is 7.98. The van der Waals surface area contributed by atoms with E-state index in [1.165, 1.54) is 16.7 Å². The van der Waals surface area contributed by atoms with Crippen molar-refractivity contribution >= 4 is 15.9 Å². The van der Waals surface area contributed by atoms with E-state index in [0.717, 1.165) is 22.2 Å². The maximum Gasteiger partial charge on any atom is 0.123 e. The van der Waals surface area contributed by atoms with E-state index in [-0.39, 0.29) is 6.04 Å². The van der Waals surface area contributed by atoms with E-state index in [1.54, 1.807) is 0 Å². The average molecular weight is 348 g/mol. The molecule has 0 aromatic heterocycles. The molecular weight excluding hydrogens is 326 g/mol. The van der Waals surface area contributed by atoms with Gasteiger partial charge in [-0.15, -0.1) is 0 Å². The molecule has 2 aromatic rings. The van der Waals surface area contributed by atoms with Crippen LogP contribution in [0, 0.1) is 13.8 Å². The van der Waals surface area contributed by atoms with Gasteiger partial charge in [-0.05, 0) is 67.6 Å². The van der Waals surface area contributed by atoms with Gasteiger partial charge in [0.2, 0.25) is 0 Å². The normalized spacial score (nSPS) is 12.2. The molecule has 1 atom stereocenters. The first-order chi connectivity index (χ1) is 9.95. The van der Waals surface area contributed by atoms with Gasteiger partial charge < -0.3 is 10.5 Å². The fraction of sp³-hybridized carbons (Fsp3) is 0.333. The summed E-state index contributed by atoms with van der Waals surface area (Å²) >= 11 is 3.50. The van der Waals surface area contributed by atoms with Crippen molar-refractivity contribution in [3.63, 3.8) is 0 Å². The van der Waals surface area contributed by atoms with E-state index in [9.17, 15) is 0 Å². The zero-order valence-electron chi connectivity index (χ0n) is 12.8. The van der Waals surface area contributed by atoms with Crippen LogP contribution in [0.15, 0.2) is 40.9 Å². The van der Waals surface area contributed by atoms with Crippen molar-refractivity contribution in [1.29, 1.82) is 0 Å². The number of rotatable bonds is 5. The van der Waals surface area contributed by atoms with Crippen molar-refractivity contribution in [2.75, 3.05) is 0 Å². The highest BCUT2D eigenvalue weighted by molar-refractivity contribution is 9.10. The lowest BCUT2D eigenvalue weighted by Crippen LogP contribution is -2.18. The molecule has 1 unspecified atom stereocenters. The summed E-state index contributed by atoms with van der Waals surface area (Å²) in [5.74, 6) is 0.911. The SMILES string of the molecule is Cc1ccc(COc2ccc(Br)cc2CC(C)N)cc1C. The molecular formula is C18H22BrNO. The second-order valence-electron chi connectivity index (χ2n) is 5.64. The predicted octanol–water partition coefficient (Wildman–Crippen LogP) is 4.53. The van der Waals surface area contributed by atoms with Crippen LogP contribution in [0.3, 0.4) is 0 Å². The zero-order chi connectivity index (χ0) is 15.4. The molecule has 21 heavy (non-hydrogen) atoms. The second-order valence-corrected chi connectivity index (χ2v) is 6.56. The summed E-state index contributed by atoms with van der Waals surface area (Å²) in [6, 6.07) is 12.6. The molecule has 0 heterocycles. The van der Waals surface area contributed by atoms with Crippen molar-refractivity contribution < 1.29 is 4.74 Å². The van der Waals surface area contributed by atoms with Crippen molar-refractivity contribution in [3.05, 3.63) is 63.1 Å². The monoisotopic (exact) mass is 347 g/mol. The molecule has 2 N–H and O–H groups in total. The molecule has 2 nitrogen and oxygen atoms in total. The van der Waals surface area contributed by atoms with Gasteiger partial charge in [0.05, 0.1) is 0 Å². The number of hydrogen-bond acceptors (Lipinski definition) is 2. The van der Waals surface area contributed by atoms with Gasteiger partial charge in [0.1, 0.15) is 12.4 Å². The molecule has 0 saturated heterocycles. The summed E-state index contributed by atoms with van der Waals surface area (Å²) in [6.45, 7) is 6.83. The Kier molecular flexibility index (Phi) is 5.43. The Labute approximate surface area is 135 Å². The number of benzene rings is 2. The Morgan fingerprint density at radius 2 is 1.86 bits per heavy atom. The molecule has 0 amide bonds. The van der Waals surface area contributed by atoms with Crippen LogP contribution in [0.1, 0.15) is 29.2 Å². The number of aryl methyl sites for hydroxylation is 2. The number of ether oxygens (including phenoxy) is 1. The van der Waals surface area contributed by atoms with Crippen LogP contribution in [0.5, 0.6) is 5.75 Å². The summed E-state index contributed by atoms with van der Waals surface area (Å²) in [7, 11) is 0. The van der Waals surface area contributed by atoms with E-state index in [2.05, 4.69) is 54.0 Å². The molecule has 112 valence electrons. The Bertz CT molecular complexity index is 623. The molecule has 0 fully saturated rings. The van der Waals surface area contributed by atoms with Gasteiger partial charge >= 0.3 is 0 Å². The summed E-state index contributed by atoms with van der Waals surface area (Å²) in [4.78, 5) is 0. The largest absolute Gasteiger partial charge is 0.489 e. The molecule has 0 bridgehead atoms. The molecule has 2 rings (SSSR count). The van der Waals surface area contributed by atoms with Gasteiger partial charge in [0, 0.05) is 10.5 Å². The average Bonchev–Trinajstić information content (AvgIpc) is 2.41. The zero-order valence-corrected chi connectivity index (χ0v) is 14.4. The molecule has 0 aliphatic carbocycles. The predicted molar refractivity (Wildman–Crippen MR) is 91.7 cm³/mol. The Morgan fingerprint density at radius 1 is 1.10 bits per heavy atom. The molecule has 0 spiro atoms. The third-order valence-electron chi connectivity index (χ3n) is 3.53. The Balaban J connectivity index is 2.13. The van der Waals surface area contributed by atoms with Gasteiger partial charge in [0.15, 0.2) is 0 Å². The summed E-state index contributed by atoms with van der Waals surface area (Å²) in [5, 5.41) is 0. The third-order valence-corrected chi connectivity index (χ3v) is 4.02. The second kappa shape index (κ2) is 7.10. The van der Waals surface area contributed by atoms with Gasteiger partial charge in [-0.3, -0.25) is 0 Å². The minimum absolute atomic E-state index is 0.114.